The molecule has 14 heavy (non-hydrogen) atoms. The minimum atomic E-state index is 0.00167. The van der Waals surface area contributed by atoms with Gasteiger partial charge in [0.15, 0.2) is 0 Å². The Balaban J connectivity index is 2.45. The molecule has 0 aliphatic heterocycles. The Morgan fingerprint density at radius 3 is 2.36 bits per heavy atom. The van der Waals surface area contributed by atoms with Gasteiger partial charge in [0, 0.05) is 0 Å². The predicted molar refractivity (Wildman–Crippen MR) is 58.3 cm³/mol. The first-order valence-electron chi connectivity index (χ1n) is 5.47. The number of hydrogen-bond acceptors (Lipinski definition) is 2. The molecule has 0 saturated heterocycles. The summed E-state index contributed by atoms with van der Waals surface area (Å²) in [4.78, 5) is 0. The summed E-state index contributed by atoms with van der Waals surface area (Å²) in [6.07, 6.45) is 4.50. The fourth-order valence-corrected chi connectivity index (χ4v) is 2.02. The lowest BCUT2D eigenvalue weighted by atomic mass is 9.82. The molecule has 1 fully saturated rings. The van der Waals surface area contributed by atoms with Crippen molar-refractivity contribution in [2.75, 3.05) is 13.2 Å². The van der Waals surface area contributed by atoms with Gasteiger partial charge in [0.1, 0.15) is 0 Å². The summed E-state index contributed by atoms with van der Waals surface area (Å²) in [5.41, 5.74) is 3.06. The molecule has 0 unspecified atom stereocenters. The van der Waals surface area contributed by atoms with E-state index < -0.39 is 0 Å². The standard InChI is InChI=1S/C12H22O2/c1-10(2)11-4-6-12(3,7-5-11)14-9-8-13/h13H,4-9H2,1-3H3. The highest BCUT2D eigenvalue weighted by Crippen LogP contribution is 2.35. The van der Waals surface area contributed by atoms with Crippen molar-refractivity contribution in [2.45, 2.75) is 52.1 Å². The van der Waals surface area contributed by atoms with Crippen LogP contribution in [0.5, 0.6) is 0 Å². The highest BCUT2D eigenvalue weighted by Gasteiger charge is 2.29. The fourth-order valence-electron chi connectivity index (χ4n) is 2.02. The zero-order chi connectivity index (χ0) is 10.6. The van der Waals surface area contributed by atoms with Gasteiger partial charge >= 0.3 is 0 Å². The largest absolute Gasteiger partial charge is 0.394 e. The van der Waals surface area contributed by atoms with Crippen LogP contribution in [0.25, 0.3) is 0 Å². The molecular weight excluding hydrogens is 176 g/mol. The fraction of sp³-hybridized carbons (Fsp3) is 0.833. The topological polar surface area (TPSA) is 29.5 Å². The number of allylic oxidation sites excluding steroid dienone is 2. The predicted octanol–water partition coefficient (Wildman–Crippen LogP) is 2.66. The molecule has 0 aromatic rings. The van der Waals surface area contributed by atoms with Crippen LogP contribution in [0.4, 0.5) is 0 Å². The number of ether oxygens (including phenoxy) is 1. The van der Waals surface area contributed by atoms with Crippen LogP contribution >= 0.6 is 0 Å². The van der Waals surface area contributed by atoms with Crippen molar-refractivity contribution in [1.29, 1.82) is 0 Å². The molecule has 1 N–H and O–H groups in total. The van der Waals surface area contributed by atoms with Gasteiger partial charge in [0.05, 0.1) is 18.8 Å². The van der Waals surface area contributed by atoms with Crippen molar-refractivity contribution in [3.05, 3.63) is 11.1 Å². The molecule has 1 saturated carbocycles. The molecule has 0 amide bonds. The molecule has 0 aromatic heterocycles. The van der Waals surface area contributed by atoms with Crippen LogP contribution in [0.15, 0.2) is 11.1 Å². The summed E-state index contributed by atoms with van der Waals surface area (Å²) in [5, 5.41) is 8.72. The van der Waals surface area contributed by atoms with Crippen LogP contribution in [0.3, 0.4) is 0 Å². The minimum absolute atomic E-state index is 0.00167. The lowest BCUT2D eigenvalue weighted by Crippen LogP contribution is -2.33. The summed E-state index contributed by atoms with van der Waals surface area (Å²) in [7, 11) is 0. The Bertz CT molecular complexity index is 204. The monoisotopic (exact) mass is 198 g/mol. The average Bonchev–Trinajstić information content (AvgIpc) is 2.16. The number of aliphatic hydroxyl groups excluding tert-OH is 1. The van der Waals surface area contributed by atoms with Crippen molar-refractivity contribution < 1.29 is 9.84 Å². The molecular formula is C12H22O2. The minimum Gasteiger partial charge on any atom is -0.394 e. The van der Waals surface area contributed by atoms with Crippen molar-refractivity contribution in [3.8, 4) is 0 Å². The van der Waals surface area contributed by atoms with E-state index in [1.807, 2.05) is 0 Å². The van der Waals surface area contributed by atoms with Gasteiger partial charge in [-0.05, 0) is 46.5 Å². The van der Waals surface area contributed by atoms with Gasteiger partial charge in [-0.1, -0.05) is 11.1 Å². The van der Waals surface area contributed by atoms with E-state index in [1.165, 1.54) is 5.57 Å². The van der Waals surface area contributed by atoms with Crippen molar-refractivity contribution >= 4 is 0 Å². The highest BCUT2D eigenvalue weighted by atomic mass is 16.5. The third-order valence-corrected chi connectivity index (χ3v) is 3.16. The van der Waals surface area contributed by atoms with E-state index in [1.54, 1.807) is 5.57 Å². The normalized spacial score (nSPS) is 27.9. The van der Waals surface area contributed by atoms with Gasteiger partial charge in [-0.3, -0.25) is 0 Å². The Morgan fingerprint density at radius 1 is 1.36 bits per heavy atom. The maximum absolute atomic E-state index is 8.72. The molecule has 2 heteroatoms. The van der Waals surface area contributed by atoms with Gasteiger partial charge in [-0.15, -0.1) is 0 Å². The quantitative estimate of drug-likeness (QED) is 0.706. The van der Waals surface area contributed by atoms with Crippen LogP contribution < -0.4 is 0 Å². The Hall–Kier alpha value is -0.340. The summed E-state index contributed by atoms with van der Waals surface area (Å²) in [5.74, 6) is 0. The van der Waals surface area contributed by atoms with Gasteiger partial charge in [0.25, 0.3) is 0 Å². The zero-order valence-electron chi connectivity index (χ0n) is 9.60. The highest BCUT2D eigenvalue weighted by molar-refractivity contribution is 5.13. The third kappa shape index (κ3) is 3.10. The van der Waals surface area contributed by atoms with E-state index in [0.717, 1.165) is 25.7 Å². The van der Waals surface area contributed by atoms with Gasteiger partial charge in [-0.25, -0.2) is 0 Å². The summed E-state index contributed by atoms with van der Waals surface area (Å²) >= 11 is 0. The molecule has 0 bridgehead atoms. The van der Waals surface area contributed by atoms with E-state index in [-0.39, 0.29) is 12.2 Å². The van der Waals surface area contributed by atoms with Gasteiger partial charge < -0.3 is 9.84 Å². The van der Waals surface area contributed by atoms with E-state index >= 15 is 0 Å². The average molecular weight is 198 g/mol. The molecule has 0 radical (unpaired) electrons. The second kappa shape index (κ2) is 4.94. The Labute approximate surface area is 87.0 Å². The smallest absolute Gasteiger partial charge is 0.0705 e. The molecule has 1 aliphatic rings. The van der Waals surface area contributed by atoms with E-state index in [9.17, 15) is 0 Å². The Morgan fingerprint density at radius 2 is 1.93 bits per heavy atom. The molecule has 82 valence electrons. The second-order valence-corrected chi connectivity index (χ2v) is 4.63. The first kappa shape index (κ1) is 11.7. The van der Waals surface area contributed by atoms with Gasteiger partial charge in [-0.2, -0.15) is 0 Å². The SMILES string of the molecule is CC(C)=C1CCC(C)(OCCO)CC1. The molecule has 1 rings (SSSR count). The first-order valence-corrected chi connectivity index (χ1v) is 5.47. The van der Waals surface area contributed by atoms with Crippen molar-refractivity contribution in [2.24, 2.45) is 0 Å². The van der Waals surface area contributed by atoms with Crippen LogP contribution in [0, 0.1) is 0 Å². The zero-order valence-corrected chi connectivity index (χ0v) is 9.60. The van der Waals surface area contributed by atoms with Crippen LogP contribution in [0.2, 0.25) is 0 Å². The Kier molecular flexibility index (Phi) is 4.14. The van der Waals surface area contributed by atoms with E-state index in [2.05, 4.69) is 20.8 Å². The van der Waals surface area contributed by atoms with Crippen LogP contribution in [-0.2, 0) is 4.74 Å². The van der Waals surface area contributed by atoms with Crippen LogP contribution in [-0.4, -0.2) is 23.9 Å². The van der Waals surface area contributed by atoms with Crippen molar-refractivity contribution in [3.63, 3.8) is 0 Å². The molecule has 1 aliphatic carbocycles. The van der Waals surface area contributed by atoms with Gasteiger partial charge in [0.2, 0.25) is 0 Å². The lowest BCUT2D eigenvalue weighted by Gasteiger charge is -2.35. The first-order chi connectivity index (χ1) is 6.57. The molecule has 0 spiro atoms. The molecule has 0 heterocycles. The van der Waals surface area contributed by atoms with Crippen LogP contribution in [0.1, 0.15) is 46.5 Å². The third-order valence-electron chi connectivity index (χ3n) is 3.16. The lowest BCUT2D eigenvalue weighted by molar-refractivity contribution is -0.0616. The van der Waals surface area contributed by atoms with E-state index in [4.69, 9.17) is 9.84 Å². The van der Waals surface area contributed by atoms with E-state index in [0.29, 0.717) is 6.61 Å². The number of rotatable bonds is 3. The number of aliphatic hydroxyl groups is 1. The second-order valence-electron chi connectivity index (χ2n) is 4.63. The summed E-state index contributed by atoms with van der Waals surface area (Å²) < 4.78 is 5.68. The molecule has 2 nitrogen and oxygen atoms in total. The summed E-state index contributed by atoms with van der Waals surface area (Å²) in [6, 6.07) is 0. The van der Waals surface area contributed by atoms with Crippen molar-refractivity contribution in [1.82, 2.24) is 0 Å². The molecule has 0 aromatic carbocycles. The summed E-state index contributed by atoms with van der Waals surface area (Å²) in [6.45, 7) is 7.13. The maximum Gasteiger partial charge on any atom is 0.0705 e. The maximum atomic E-state index is 8.72. The number of hydrogen-bond donors (Lipinski definition) is 1. The molecule has 0 atom stereocenters.